The van der Waals surface area contributed by atoms with Gasteiger partial charge in [-0.2, -0.15) is 0 Å². The Kier molecular flexibility index (Phi) is 10.4. The van der Waals surface area contributed by atoms with Crippen LogP contribution in [-0.4, -0.2) is 6.71 Å². The molecule has 0 saturated carbocycles. The van der Waals surface area contributed by atoms with Gasteiger partial charge in [-0.3, -0.25) is 0 Å². The molecule has 2 aliphatic heterocycles. The van der Waals surface area contributed by atoms with Gasteiger partial charge in [-0.1, -0.05) is 212 Å². The Balaban J connectivity index is 1.19. The van der Waals surface area contributed by atoms with Crippen LogP contribution in [0.1, 0.15) is 101 Å². The maximum Gasteiger partial charge on any atom is 0.297 e. The van der Waals surface area contributed by atoms with Crippen molar-refractivity contribution < 1.29 is 4.42 Å². The highest BCUT2D eigenvalue weighted by Crippen LogP contribution is 2.53. The summed E-state index contributed by atoms with van der Waals surface area (Å²) in [5, 5.41) is 1.17. The van der Waals surface area contributed by atoms with Gasteiger partial charge < -0.3 is 14.2 Å². The van der Waals surface area contributed by atoms with Gasteiger partial charge in [0.15, 0.2) is 0 Å². The van der Waals surface area contributed by atoms with Crippen molar-refractivity contribution in [1.29, 1.82) is 0 Å². The molecule has 0 fully saturated rings. The number of hydrogen-bond acceptors (Lipinski definition) is 3. The van der Waals surface area contributed by atoms with Gasteiger partial charge >= 0.3 is 0 Å². The van der Waals surface area contributed by atoms with Gasteiger partial charge in [0.25, 0.3) is 6.71 Å². The van der Waals surface area contributed by atoms with Crippen molar-refractivity contribution >= 4 is 68.4 Å². The van der Waals surface area contributed by atoms with Crippen LogP contribution in [0.4, 0.5) is 34.1 Å². The first kappa shape index (κ1) is 45.1. The predicted molar refractivity (Wildman–Crippen MR) is 309 cm³/mol. The summed E-state index contributed by atoms with van der Waals surface area (Å²) in [5.74, 6) is -0.0617. The molecule has 0 N–H and O–H groups in total. The second-order valence-electron chi connectivity index (χ2n) is 23.1. The molecule has 3 heterocycles. The minimum absolute atomic E-state index is 0.00576. The standard InChI is InChI=1S/C69H61BN2O/c1-67(2,3)51-33-35-52(36-34-51)71-60-41-50(63(47-26-16-10-17-27-47)48-28-18-11-19-29-48)42-61-64(60)70(66-65(71)54-43-55-56(44-62(54)73-66)69(6,7)39-38-68(55,4)5)57-37-32-49(45-22-12-8-13-23-45)40-59(57)72(61)58-31-21-20-30-53(58)46-24-14-9-15-25-46/h8-37,40-44,63H,38-39H2,1-7H3. The third kappa shape index (κ3) is 7.40. The van der Waals surface area contributed by atoms with Gasteiger partial charge in [-0.25, -0.2) is 0 Å². The van der Waals surface area contributed by atoms with Gasteiger partial charge in [-0.05, 0) is 139 Å². The second-order valence-corrected chi connectivity index (χ2v) is 23.1. The molecule has 10 aromatic rings. The third-order valence-electron chi connectivity index (χ3n) is 16.6. The van der Waals surface area contributed by atoms with Crippen molar-refractivity contribution in [1.82, 2.24) is 0 Å². The normalized spacial score (nSPS) is 15.2. The van der Waals surface area contributed by atoms with E-state index in [1.165, 1.54) is 77.6 Å². The van der Waals surface area contributed by atoms with Crippen molar-refractivity contribution in [2.45, 2.75) is 83.5 Å². The van der Waals surface area contributed by atoms with Crippen LogP contribution < -0.4 is 26.4 Å². The van der Waals surface area contributed by atoms with Crippen LogP contribution in [-0.2, 0) is 16.2 Å². The summed E-state index contributed by atoms with van der Waals surface area (Å²) in [6.45, 7) is 16.4. The number of hydrogen-bond donors (Lipinski definition) is 0. The zero-order chi connectivity index (χ0) is 49.8. The van der Waals surface area contributed by atoms with Crippen molar-refractivity contribution in [3.63, 3.8) is 0 Å². The summed E-state index contributed by atoms with van der Waals surface area (Å²) < 4.78 is 7.66. The highest BCUT2D eigenvalue weighted by molar-refractivity contribution is 7.00. The molecule has 13 rings (SSSR count). The Bertz CT molecular complexity index is 3680. The molecule has 0 spiro atoms. The Hall–Kier alpha value is -7.82. The topological polar surface area (TPSA) is 19.6 Å². The van der Waals surface area contributed by atoms with Crippen molar-refractivity contribution in [2.24, 2.45) is 0 Å². The van der Waals surface area contributed by atoms with E-state index in [-0.39, 0.29) is 28.9 Å². The molecule has 0 radical (unpaired) electrons. The first-order valence-electron chi connectivity index (χ1n) is 26.3. The largest absolute Gasteiger partial charge is 0.468 e. The molecular weight excluding hydrogens is 884 g/mol. The monoisotopic (exact) mass is 944 g/mol. The zero-order valence-electron chi connectivity index (χ0n) is 43.1. The van der Waals surface area contributed by atoms with Crippen LogP contribution >= 0.6 is 0 Å². The number of para-hydroxylation sites is 1. The molecule has 0 amide bonds. The molecule has 1 aromatic heterocycles. The Morgan fingerprint density at radius 2 is 1.03 bits per heavy atom. The van der Waals surface area contributed by atoms with Gasteiger partial charge in [0.2, 0.25) is 0 Å². The first-order chi connectivity index (χ1) is 35.3. The van der Waals surface area contributed by atoms with Crippen LogP contribution in [0.5, 0.6) is 0 Å². The fraction of sp³-hybridized carbons (Fsp3) is 0.188. The second kappa shape index (κ2) is 16.9. The van der Waals surface area contributed by atoms with Crippen molar-refractivity contribution in [3.8, 4) is 22.3 Å². The van der Waals surface area contributed by atoms with Gasteiger partial charge in [0.1, 0.15) is 5.58 Å². The molecule has 0 saturated heterocycles. The van der Waals surface area contributed by atoms with Crippen LogP contribution in [0.15, 0.2) is 217 Å². The van der Waals surface area contributed by atoms with Gasteiger partial charge in [0.05, 0.1) is 17.0 Å². The van der Waals surface area contributed by atoms with E-state index in [4.69, 9.17) is 4.42 Å². The van der Waals surface area contributed by atoms with E-state index in [0.29, 0.717) is 0 Å². The lowest BCUT2D eigenvalue weighted by atomic mass is 9.35. The third-order valence-corrected chi connectivity index (χ3v) is 16.6. The molecule has 9 aromatic carbocycles. The lowest BCUT2D eigenvalue weighted by Crippen LogP contribution is -2.61. The summed E-state index contributed by atoms with van der Waals surface area (Å²) in [5.41, 5.74) is 23.8. The minimum atomic E-state index is -0.212. The van der Waals surface area contributed by atoms with Crippen LogP contribution in [0.2, 0.25) is 0 Å². The van der Waals surface area contributed by atoms with E-state index in [1.54, 1.807) is 0 Å². The summed E-state index contributed by atoms with van der Waals surface area (Å²) in [6, 6.07) is 79.5. The zero-order valence-corrected chi connectivity index (χ0v) is 43.1. The highest BCUT2D eigenvalue weighted by atomic mass is 16.3. The number of rotatable bonds is 7. The number of benzene rings is 9. The number of nitrogens with zero attached hydrogens (tertiary/aromatic N) is 2. The van der Waals surface area contributed by atoms with Crippen molar-refractivity contribution in [2.75, 3.05) is 9.80 Å². The maximum atomic E-state index is 7.66. The van der Waals surface area contributed by atoms with Crippen LogP contribution in [0.25, 0.3) is 33.2 Å². The Labute approximate surface area is 431 Å². The van der Waals surface area contributed by atoms with E-state index in [1.807, 2.05) is 0 Å². The van der Waals surface area contributed by atoms with Crippen LogP contribution in [0, 0.1) is 0 Å². The molecule has 73 heavy (non-hydrogen) atoms. The molecule has 356 valence electrons. The average Bonchev–Trinajstić information content (AvgIpc) is 3.79. The smallest absolute Gasteiger partial charge is 0.297 e. The Morgan fingerprint density at radius 1 is 0.479 bits per heavy atom. The van der Waals surface area contributed by atoms with E-state index >= 15 is 0 Å². The summed E-state index contributed by atoms with van der Waals surface area (Å²) in [6.07, 6.45) is 2.26. The SMILES string of the molecule is CC(C)(C)c1ccc(N2c3cc(C(c4ccccc4)c4ccccc4)cc4c3B(c3ccc(-c5ccccc5)cc3N4c3ccccc3-c3ccccc3)c3oc4cc5c(cc4c32)C(C)(C)CCC5(C)C)cc1. The molecule has 0 unspecified atom stereocenters. The fourth-order valence-electron chi connectivity index (χ4n) is 12.6. The van der Waals surface area contributed by atoms with E-state index < -0.39 is 0 Å². The summed E-state index contributed by atoms with van der Waals surface area (Å²) in [4.78, 5) is 5.17. The van der Waals surface area contributed by atoms with E-state index in [0.717, 1.165) is 52.5 Å². The molecule has 0 atom stereocenters. The minimum Gasteiger partial charge on any atom is -0.468 e. The molecule has 3 nitrogen and oxygen atoms in total. The molecular formula is C69H61BN2O. The lowest BCUT2D eigenvalue weighted by molar-refractivity contribution is 0.332. The quantitative estimate of drug-likeness (QED) is 0.117. The van der Waals surface area contributed by atoms with Crippen LogP contribution in [0.3, 0.4) is 0 Å². The van der Waals surface area contributed by atoms with Crippen molar-refractivity contribution in [3.05, 3.63) is 246 Å². The molecule has 0 bridgehead atoms. The Morgan fingerprint density at radius 3 is 1.64 bits per heavy atom. The average molecular weight is 945 g/mol. The number of furan rings is 1. The predicted octanol–water partition coefficient (Wildman–Crippen LogP) is 16.7. The summed E-state index contributed by atoms with van der Waals surface area (Å²) >= 11 is 0. The first-order valence-corrected chi connectivity index (χ1v) is 26.3. The lowest BCUT2D eigenvalue weighted by Gasteiger charge is -2.44. The summed E-state index contributed by atoms with van der Waals surface area (Å²) in [7, 11) is 0. The molecule has 4 heteroatoms. The maximum absolute atomic E-state index is 7.66. The molecule has 3 aliphatic rings. The van der Waals surface area contributed by atoms with E-state index in [2.05, 4.69) is 271 Å². The molecule has 1 aliphatic carbocycles. The van der Waals surface area contributed by atoms with Gasteiger partial charge in [-0.15, -0.1) is 0 Å². The number of anilines is 6. The van der Waals surface area contributed by atoms with Gasteiger partial charge in [0, 0.05) is 39.6 Å². The number of fused-ring (bicyclic) bond motifs is 7. The fourth-order valence-corrected chi connectivity index (χ4v) is 12.6. The van der Waals surface area contributed by atoms with E-state index in [9.17, 15) is 0 Å². The highest BCUT2D eigenvalue weighted by Gasteiger charge is 2.48.